The zero-order chi connectivity index (χ0) is 30.7. The van der Waals surface area contributed by atoms with Crippen molar-refractivity contribution in [3.8, 4) is 0 Å². The summed E-state index contributed by atoms with van der Waals surface area (Å²) in [5.41, 5.74) is 1.94. The fourth-order valence-electron chi connectivity index (χ4n) is 5.41. The number of rotatable bonds is 26. The Morgan fingerprint density at radius 3 is 2.36 bits per heavy atom. The number of unbranched alkanes of at least 4 members (excludes halogenated alkanes) is 1. The van der Waals surface area contributed by atoms with Crippen LogP contribution in [-0.2, 0) is 0 Å². The van der Waals surface area contributed by atoms with Crippen molar-refractivity contribution >= 4 is 0 Å². The van der Waals surface area contributed by atoms with Crippen molar-refractivity contribution in [3.05, 3.63) is 72.9 Å². The molecule has 0 spiro atoms. The van der Waals surface area contributed by atoms with E-state index in [4.69, 9.17) is 0 Å². The van der Waals surface area contributed by atoms with Crippen molar-refractivity contribution in [2.75, 3.05) is 65.4 Å². The van der Waals surface area contributed by atoms with E-state index in [2.05, 4.69) is 122 Å². The second kappa shape index (κ2) is 25.7. The average molecular weight is 581 g/mol. The maximum atomic E-state index is 4.07. The first-order chi connectivity index (χ1) is 20.4. The molecular weight excluding hydrogens is 512 g/mol. The van der Waals surface area contributed by atoms with E-state index in [-0.39, 0.29) is 0 Å². The van der Waals surface area contributed by atoms with Gasteiger partial charge in [-0.3, -0.25) is 9.80 Å². The molecule has 0 bridgehead atoms. The molecule has 4 heteroatoms. The third-order valence-electron chi connectivity index (χ3n) is 7.76. The highest BCUT2D eigenvalue weighted by Gasteiger charge is 2.15. The van der Waals surface area contributed by atoms with Gasteiger partial charge in [0.25, 0.3) is 0 Å². The molecule has 0 amide bonds. The molecule has 0 fully saturated rings. The summed E-state index contributed by atoms with van der Waals surface area (Å²) in [5.74, 6) is 0.684. The van der Waals surface area contributed by atoms with Gasteiger partial charge in [-0.2, -0.15) is 0 Å². The molecule has 1 atom stereocenters. The molecule has 240 valence electrons. The molecular formula is C38H68N4. The molecule has 1 aliphatic carbocycles. The summed E-state index contributed by atoms with van der Waals surface area (Å²) in [5, 5.41) is 7.01. The lowest BCUT2D eigenvalue weighted by Gasteiger charge is -2.30. The molecule has 0 radical (unpaired) electrons. The Labute approximate surface area is 262 Å². The fraction of sp³-hybridized carbons (Fsp3) is 0.684. The SMILES string of the molecule is C=CCN(CCN(CCCNCC)CC1=CCCC=C1)CC(C\C=C/C=C\C=C\CNCCCCC(C)(C)C)CCC. The molecule has 42 heavy (non-hydrogen) atoms. The van der Waals surface area contributed by atoms with Crippen molar-refractivity contribution < 1.29 is 0 Å². The number of nitrogens with one attached hydrogen (secondary N) is 2. The molecule has 0 saturated heterocycles. The summed E-state index contributed by atoms with van der Waals surface area (Å²) in [7, 11) is 0. The van der Waals surface area contributed by atoms with E-state index in [9.17, 15) is 0 Å². The van der Waals surface area contributed by atoms with Crippen LogP contribution < -0.4 is 10.6 Å². The van der Waals surface area contributed by atoms with E-state index < -0.39 is 0 Å². The quantitative estimate of drug-likeness (QED) is 0.0612. The molecule has 2 N–H and O–H groups in total. The minimum absolute atomic E-state index is 0.456. The molecule has 0 aromatic rings. The number of nitrogens with zero attached hydrogens (tertiary/aromatic N) is 2. The molecule has 0 aliphatic heterocycles. The van der Waals surface area contributed by atoms with Crippen LogP contribution in [0.3, 0.4) is 0 Å². The van der Waals surface area contributed by atoms with Crippen LogP contribution in [0.5, 0.6) is 0 Å². The maximum absolute atomic E-state index is 4.07. The maximum Gasteiger partial charge on any atom is 0.0231 e. The summed E-state index contributed by atoms with van der Waals surface area (Å²) >= 11 is 0. The predicted molar refractivity (Wildman–Crippen MR) is 189 cm³/mol. The van der Waals surface area contributed by atoms with Gasteiger partial charge in [-0.25, -0.2) is 0 Å². The van der Waals surface area contributed by atoms with Gasteiger partial charge in [0.05, 0.1) is 0 Å². The summed E-state index contributed by atoms with van der Waals surface area (Å²) in [6.45, 7) is 26.3. The van der Waals surface area contributed by atoms with Crippen LogP contribution >= 0.6 is 0 Å². The lowest BCUT2D eigenvalue weighted by molar-refractivity contribution is 0.198. The Morgan fingerprint density at radius 1 is 0.905 bits per heavy atom. The van der Waals surface area contributed by atoms with E-state index in [0.717, 1.165) is 71.9 Å². The van der Waals surface area contributed by atoms with Gasteiger partial charge < -0.3 is 10.6 Å². The summed E-state index contributed by atoms with van der Waals surface area (Å²) in [6, 6.07) is 0. The van der Waals surface area contributed by atoms with Gasteiger partial charge >= 0.3 is 0 Å². The number of allylic oxidation sites excluding steroid dienone is 7. The van der Waals surface area contributed by atoms with E-state index in [1.165, 1.54) is 56.9 Å². The fourth-order valence-corrected chi connectivity index (χ4v) is 5.41. The Bertz CT molecular complexity index is 798. The standard InChI is InChI=1S/C38H68N4/c1-7-22-36(23-15-12-10-11-13-19-27-40-28-20-18-26-38(4,5)6)34-41(30-8-2)32-33-42(31-21-29-39-9-3)35-37-24-16-14-17-25-37/h8,10-13,15-16,19,24-25,36,39-40H,2,7,9,14,17-18,20-23,26-35H2,1,3-6H3/b11-10-,15-12-,19-13+. The topological polar surface area (TPSA) is 30.5 Å². The molecule has 1 rings (SSSR count). The van der Waals surface area contributed by atoms with Crippen molar-refractivity contribution in [2.24, 2.45) is 11.3 Å². The molecule has 0 aromatic heterocycles. The Morgan fingerprint density at radius 2 is 1.67 bits per heavy atom. The average Bonchev–Trinajstić information content (AvgIpc) is 2.96. The highest BCUT2D eigenvalue weighted by Crippen LogP contribution is 2.21. The van der Waals surface area contributed by atoms with Crippen LogP contribution in [0.4, 0.5) is 0 Å². The summed E-state index contributed by atoms with van der Waals surface area (Å²) < 4.78 is 0. The summed E-state index contributed by atoms with van der Waals surface area (Å²) in [4.78, 5) is 5.28. The largest absolute Gasteiger partial charge is 0.317 e. The lowest BCUT2D eigenvalue weighted by atomic mass is 9.90. The van der Waals surface area contributed by atoms with Crippen molar-refractivity contribution in [1.29, 1.82) is 0 Å². The Kier molecular flexibility index (Phi) is 23.5. The van der Waals surface area contributed by atoms with Crippen LogP contribution in [0.25, 0.3) is 0 Å². The molecule has 0 heterocycles. The number of hydrogen-bond donors (Lipinski definition) is 2. The second-order valence-corrected chi connectivity index (χ2v) is 13.1. The van der Waals surface area contributed by atoms with E-state index in [0.29, 0.717) is 11.3 Å². The van der Waals surface area contributed by atoms with Crippen LogP contribution in [0.2, 0.25) is 0 Å². The smallest absolute Gasteiger partial charge is 0.0231 e. The number of hydrogen-bond acceptors (Lipinski definition) is 4. The van der Waals surface area contributed by atoms with Crippen LogP contribution in [0.1, 0.15) is 92.4 Å². The minimum Gasteiger partial charge on any atom is -0.317 e. The van der Waals surface area contributed by atoms with Gasteiger partial charge in [0.2, 0.25) is 0 Å². The first-order valence-electron chi connectivity index (χ1n) is 17.2. The Balaban J connectivity index is 2.47. The molecule has 1 unspecified atom stereocenters. The van der Waals surface area contributed by atoms with Gasteiger partial charge in [0, 0.05) is 39.3 Å². The van der Waals surface area contributed by atoms with Crippen LogP contribution in [-0.4, -0.2) is 75.2 Å². The van der Waals surface area contributed by atoms with E-state index >= 15 is 0 Å². The van der Waals surface area contributed by atoms with E-state index in [1.807, 2.05) is 0 Å². The second-order valence-electron chi connectivity index (χ2n) is 13.1. The zero-order valence-electron chi connectivity index (χ0n) is 28.4. The molecule has 4 nitrogen and oxygen atoms in total. The molecule has 0 saturated carbocycles. The minimum atomic E-state index is 0.456. The normalized spacial score (nSPS) is 15.2. The van der Waals surface area contributed by atoms with Crippen molar-refractivity contribution in [3.63, 3.8) is 0 Å². The van der Waals surface area contributed by atoms with E-state index in [1.54, 1.807) is 0 Å². The van der Waals surface area contributed by atoms with Crippen LogP contribution in [0, 0.1) is 11.3 Å². The molecule has 1 aliphatic rings. The third kappa shape index (κ3) is 22.8. The van der Waals surface area contributed by atoms with Crippen molar-refractivity contribution in [2.45, 2.75) is 92.4 Å². The monoisotopic (exact) mass is 581 g/mol. The predicted octanol–water partition coefficient (Wildman–Crippen LogP) is 8.33. The van der Waals surface area contributed by atoms with Crippen molar-refractivity contribution in [1.82, 2.24) is 20.4 Å². The van der Waals surface area contributed by atoms with Gasteiger partial charge in [-0.1, -0.05) is 108 Å². The highest BCUT2D eigenvalue weighted by atomic mass is 15.2. The Hall–Kier alpha value is -1.72. The van der Waals surface area contributed by atoms with Gasteiger partial charge in [0.15, 0.2) is 0 Å². The van der Waals surface area contributed by atoms with Gasteiger partial charge in [0.1, 0.15) is 0 Å². The lowest BCUT2D eigenvalue weighted by Crippen LogP contribution is -2.39. The van der Waals surface area contributed by atoms with Crippen LogP contribution in [0.15, 0.2) is 72.9 Å². The third-order valence-corrected chi connectivity index (χ3v) is 7.76. The first kappa shape index (κ1) is 38.3. The highest BCUT2D eigenvalue weighted by molar-refractivity contribution is 5.23. The molecule has 0 aromatic carbocycles. The van der Waals surface area contributed by atoms with Gasteiger partial charge in [-0.15, -0.1) is 6.58 Å². The summed E-state index contributed by atoms with van der Waals surface area (Å²) in [6.07, 6.45) is 33.5. The first-order valence-corrected chi connectivity index (χ1v) is 17.2. The zero-order valence-corrected chi connectivity index (χ0v) is 28.4. The van der Waals surface area contributed by atoms with Gasteiger partial charge in [-0.05, 0) is 88.0 Å².